The maximum atomic E-state index is 12.4. The summed E-state index contributed by atoms with van der Waals surface area (Å²) in [6, 6.07) is 22.0. The fourth-order valence-corrected chi connectivity index (χ4v) is 5.47. The summed E-state index contributed by atoms with van der Waals surface area (Å²) in [5, 5.41) is 1.32. The van der Waals surface area contributed by atoms with Crippen LogP contribution >= 0.6 is 22.9 Å². The van der Waals surface area contributed by atoms with Crippen LogP contribution in [0.5, 0.6) is 5.75 Å². The van der Waals surface area contributed by atoms with Gasteiger partial charge in [-0.3, -0.25) is 0 Å². The summed E-state index contributed by atoms with van der Waals surface area (Å²) in [7, 11) is -1.82. The van der Waals surface area contributed by atoms with Crippen LogP contribution in [0.1, 0.15) is 0 Å². The molecule has 0 spiro atoms. The predicted octanol–water partition coefficient (Wildman–Crippen LogP) is 6.21. The van der Waals surface area contributed by atoms with Gasteiger partial charge in [-0.05, 0) is 42.0 Å². The summed E-state index contributed by atoms with van der Waals surface area (Å²) in [4.78, 5) is 5.95. The summed E-state index contributed by atoms with van der Waals surface area (Å²) < 4.78 is 30.1. The molecule has 0 radical (unpaired) electrons. The normalized spacial score (nSPS) is 11.4. The summed E-state index contributed by atoms with van der Waals surface area (Å²) in [5.74, 6) is 0.743. The molecule has 0 aliphatic rings. The van der Waals surface area contributed by atoms with E-state index in [-0.39, 0.29) is 4.90 Å². The van der Waals surface area contributed by atoms with E-state index < -0.39 is 9.84 Å². The smallest absolute Gasteiger partial charge is 0.176 e. The van der Waals surface area contributed by atoms with Gasteiger partial charge in [-0.25, -0.2) is 13.4 Å². The molecule has 4 rings (SSSR count). The molecule has 1 aromatic heterocycles. The van der Waals surface area contributed by atoms with E-state index in [9.17, 15) is 8.42 Å². The minimum absolute atomic E-state index is 0.246. The van der Waals surface area contributed by atoms with Crippen LogP contribution in [-0.4, -0.2) is 26.8 Å². The highest BCUT2D eigenvalue weighted by Crippen LogP contribution is 2.43. The molecule has 0 aliphatic heterocycles. The van der Waals surface area contributed by atoms with Gasteiger partial charge >= 0.3 is 0 Å². The topological polar surface area (TPSA) is 56.3 Å². The van der Waals surface area contributed by atoms with Crippen molar-refractivity contribution >= 4 is 32.8 Å². The third-order valence-corrected chi connectivity index (χ3v) is 7.25. The number of aromatic nitrogens is 1. The number of thiazole rings is 1. The van der Waals surface area contributed by atoms with Crippen molar-refractivity contribution in [2.75, 3.05) is 13.4 Å². The summed E-state index contributed by atoms with van der Waals surface area (Å²) >= 11 is 7.89. The van der Waals surface area contributed by atoms with Gasteiger partial charge in [-0.15, -0.1) is 11.3 Å². The second kappa shape index (κ2) is 8.22. The van der Waals surface area contributed by atoms with Crippen LogP contribution in [0, 0.1) is 0 Å². The Labute approximate surface area is 184 Å². The lowest BCUT2D eigenvalue weighted by Crippen LogP contribution is -2.00. The van der Waals surface area contributed by atoms with E-state index in [0.29, 0.717) is 16.3 Å². The predicted molar refractivity (Wildman–Crippen MR) is 123 cm³/mol. The average Bonchev–Trinajstić information content (AvgIpc) is 3.18. The molecule has 3 aromatic carbocycles. The Morgan fingerprint density at radius 2 is 1.53 bits per heavy atom. The standard InChI is InChI=1S/C23H18ClNO3S2/c1-28-16-13-11-15(12-14-16)22-21(18-8-4-6-10-20(18)30(2,26)27)25-23(29-22)17-7-3-5-9-19(17)24/h3-14H,1-2H3. The molecule has 0 saturated heterocycles. The highest BCUT2D eigenvalue weighted by atomic mass is 35.5. The maximum Gasteiger partial charge on any atom is 0.176 e. The van der Waals surface area contributed by atoms with Gasteiger partial charge < -0.3 is 4.74 Å². The first-order valence-corrected chi connectivity index (χ1v) is 12.2. The molecule has 0 saturated carbocycles. The largest absolute Gasteiger partial charge is 0.497 e. The van der Waals surface area contributed by atoms with Crippen molar-refractivity contribution in [2.24, 2.45) is 0 Å². The first-order chi connectivity index (χ1) is 14.4. The minimum Gasteiger partial charge on any atom is -0.497 e. The molecule has 0 N–H and O–H groups in total. The Bertz CT molecular complexity index is 1310. The fourth-order valence-electron chi connectivity index (χ4n) is 3.18. The Balaban J connectivity index is 1.99. The van der Waals surface area contributed by atoms with Gasteiger partial charge in [0, 0.05) is 17.4 Å². The van der Waals surface area contributed by atoms with Crippen LogP contribution in [0.4, 0.5) is 0 Å². The Morgan fingerprint density at radius 3 is 2.17 bits per heavy atom. The molecule has 0 fully saturated rings. The first-order valence-electron chi connectivity index (χ1n) is 9.08. The zero-order valence-corrected chi connectivity index (χ0v) is 18.7. The van der Waals surface area contributed by atoms with Crippen LogP contribution in [0.25, 0.3) is 32.3 Å². The molecule has 7 heteroatoms. The number of hydrogen-bond donors (Lipinski definition) is 0. The van der Waals surface area contributed by atoms with Gasteiger partial charge in [0.05, 0.1) is 27.6 Å². The van der Waals surface area contributed by atoms with Gasteiger partial charge in [0.25, 0.3) is 0 Å². The van der Waals surface area contributed by atoms with E-state index in [1.54, 1.807) is 25.3 Å². The van der Waals surface area contributed by atoms with E-state index in [4.69, 9.17) is 21.3 Å². The van der Waals surface area contributed by atoms with Crippen LogP contribution in [0.2, 0.25) is 5.02 Å². The van der Waals surface area contributed by atoms with E-state index >= 15 is 0 Å². The molecule has 0 unspecified atom stereocenters. The zero-order valence-electron chi connectivity index (χ0n) is 16.3. The molecule has 0 amide bonds. The Kier molecular flexibility index (Phi) is 5.64. The summed E-state index contributed by atoms with van der Waals surface area (Å²) in [6.45, 7) is 0. The van der Waals surface area contributed by atoms with Crippen molar-refractivity contribution in [3.05, 3.63) is 77.8 Å². The molecule has 4 aromatic rings. The molecular weight excluding hydrogens is 438 g/mol. The SMILES string of the molecule is COc1ccc(-c2sc(-c3ccccc3Cl)nc2-c2ccccc2S(C)(=O)=O)cc1. The average molecular weight is 456 g/mol. The van der Waals surface area contributed by atoms with Gasteiger partial charge in [0.15, 0.2) is 9.84 Å². The van der Waals surface area contributed by atoms with Crippen LogP contribution in [-0.2, 0) is 9.84 Å². The van der Waals surface area contributed by atoms with Gasteiger partial charge in [0.1, 0.15) is 10.8 Å². The van der Waals surface area contributed by atoms with E-state index in [1.165, 1.54) is 17.6 Å². The minimum atomic E-state index is -3.44. The van der Waals surface area contributed by atoms with Gasteiger partial charge in [-0.2, -0.15) is 0 Å². The quantitative estimate of drug-likeness (QED) is 0.359. The highest BCUT2D eigenvalue weighted by molar-refractivity contribution is 7.90. The number of methoxy groups -OCH3 is 1. The number of ether oxygens (including phenoxy) is 1. The van der Waals surface area contributed by atoms with E-state index in [0.717, 1.165) is 26.8 Å². The lowest BCUT2D eigenvalue weighted by atomic mass is 10.1. The second-order valence-electron chi connectivity index (χ2n) is 6.67. The van der Waals surface area contributed by atoms with Crippen LogP contribution in [0.15, 0.2) is 77.7 Å². The number of halogens is 1. The molecule has 0 bridgehead atoms. The second-order valence-corrected chi connectivity index (χ2v) is 10.1. The van der Waals surface area contributed by atoms with Crippen LogP contribution < -0.4 is 4.74 Å². The van der Waals surface area contributed by atoms with Crippen LogP contribution in [0.3, 0.4) is 0 Å². The van der Waals surface area contributed by atoms with E-state index in [1.807, 2.05) is 54.6 Å². The fraction of sp³-hybridized carbons (Fsp3) is 0.0870. The molecule has 0 atom stereocenters. The molecule has 1 heterocycles. The molecular formula is C23H18ClNO3S2. The third-order valence-electron chi connectivity index (χ3n) is 4.63. The van der Waals surface area contributed by atoms with Gasteiger partial charge in [-0.1, -0.05) is 48.0 Å². The van der Waals surface area contributed by atoms with Crippen molar-refractivity contribution in [2.45, 2.75) is 4.90 Å². The third kappa shape index (κ3) is 3.99. The highest BCUT2D eigenvalue weighted by Gasteiger charge is 2.22. The number of benzene rings is 3. The van der Waals surface area contributed by atoms with Crippen molar-refractivity contribution in [3.8, 4) is 38.0 Å². The van der Waals surface area contributed by atoms with Gasteiger partial charge in [0.2, 0.25) is 0 Å². The number of rotatable bonds is 5. The lowest BCUT2D eigenvalue weighted by molar-refractivity contribution is 0.415. The first kappa shape index (κ1) is 20.6. The van der Waals surface area contributed by atoms with Crippen molar-refractivity contribution in [1.82, 2.24) is 4.98 Å². The van der Waals surface area contributed by atoms with Crippen molar-refractivity contribution < 1.29 is 13.2 Å². The molecule has 30 heavy (non-hydrogen) atoms. The van der Waals surface area contributed by atoms with Crippen molar-refractivity contribution in [3.63, 3.8) is 0 Å². The maximum absolute atomic E-state index is 12.4. The lowest BCUT2D eigenvalue weighted by Gasteiger charge is -2.08. The number of nitrogens with zero attached hydrogens (tertiary/aromatic N) is 1. The number of hydrogen-bond acceptors (Lipinski definition) is 5. The molecule has 152 valence electrons. The number of sulfone groups is 1. The van der Waals surface area contributed by atoms with Crippen molar-refractivity contribution in [1.29, 1.82) is 0 Å². The van der Waals surface area contributed by atoms with E-state index in [2.05, 4.69) is 0 Å². The zero-order chi connectivity index (χ0) is 21.3. The monoisotopic (exact) mass is 455 g/mol. The summed E-state index contributed by atoms with van der Waals surface area (Å²) in [6.07, 6.45) is 1.21. The summed E-state index contributed by atoms with van der Waals surface area (Å²) in [5.41, 5.74) is 2.91. The Morgan fingerprint density at radius 1 is 0.900 bits per heavy atom. The molecule has 4 nitrogen and oxygen atoms in total. The molecule has 0 aliphatic carbocycles. The Hall–Kier alpha value is -2.67.